The van der Waals surface area contributed by atoms with Crippen molar-refractivity contribution in [3.05, 3.63) is 11.9 Å². The Morgan fingerprint density at radius 3 is 2.44 bits per heavy atom. The molecule has 3 atom stereocenters. The maximum absolute atomic E-state index is 15.2. The highest BCUT2D eigenvalue weighted by atomic mass is 19.1. The minimum absolute atomic E-state index is 0.0173. The molecule has 1 aromatic carbocycles. The van der Waals surface area contributed by atoms with Gasteiger partial charge in [-0.2, -0.15) is 4.98 Å². The zero-order chi connectivity index (χ0) is 29.5. The van der Waals surface area contributed by atoms with E-state index in [0.717, 1.165) is 32.1 Å². The molecule has 41 heavy (non-hydrogen) atoms. The van der Waals surface area contributed by atoms with Crippen LogP contribution in [0.15, 0.2) is 6.07 Å². The Kier molecular flexibility index (Phi) is 8.02. The van der Waals surface area contributed by atoms with Crippen LogP contribution in [0.3, 0.4) is 0 Å². The van der Waals surface area contributed by atoms with Crippen molar-refractivity contribution in [2.75, 3.05) is 51.0 Å². The molecule has 2 aliphatic heterocycles. The topological polar surface area (TPSA) is 123 Å². The van der Waals surface area contributed by atoms with E-state index in [1.165, 1.54) is 14.2 Å². The van der Waals surface area contributed by atoms with Gasteiger partial charge in [0.2, 0.25) is 11.9 Å². The molecule has 12 heteroatoms. The lowest BCUT2D eigenvalue weighted by atomic mass is 9.84. The summed E-state index contributed by atoms with van der Waals surface area (Å²) in [5.41, 5.74) is 5.65. The van der Waals surface area contributed by atoms with E-state index in [9.17, 15) is 9.59 Å². The molecule has 3 fully saturated rings. The number of carbonyl (C=O) groups is 2. The van der Waals surface area contributed by atoms with Crippen molar-refractivity contribution >= 4 is 34.7 Å². The Labute approximate surface area is 240 Å². The molecule has 2 N–H and O–H groups in total. The summed E-state index contributed by atoms with van der Waals surface area (Å²) in [5.74, 6) is 0.352. The first kappa shape index (κ1) is 28.9. The fraction of sp³-hybridized carbons (Fsp3) is 0.655. The zero-order valence-corrected chi connectivity index (χ0v) is 24.6. The highest BCUT2D eigenvalue weighted by Crippen LogP contribution is 2.42. The van der Waals surface area contributed by atoms with Gasteiger partial charge in [0.15, 0.2) is 17.3 Å². The van der Waals surface area contributed by atoms with Crippen molar-refractivity contribution in [2.24, 2.45) is 5.92 Å². The predicted octanol–water partition coefficient (Wildman–Crippen LogP) is 3.98. The summed E-state index contributed by atoms with van der Waals surface area (Å²) in [4.78, 5) is 41.1. The maximum atomic E-state index is 15.2. The highest BCUT2D eigenvalue weighted by molar-refractivity contribution is 5.92. The van der Waals surface area contributed by atoms with E-state index in [-0.39, 0.29) is 53.3 Å². The second-order valence-electron chi connectivity index (χ2n) is 12.2. The normalized spacial score (nSPS) is 23.0. The molecule has 2 aromatic rings. The number of amides is 2. The van der Waals surface area contributed by atoms with Gasteiger partial charge in [0.1, 0.15) is 16.9 Å². The lowest BCUT2D eigenvalue weighted by molar-refractivity contribution is -0.132. The molecule has 1 saturated carbocycles. The fourth-order valence-corrected chi connectivity index (χ4v) is 6.51. The first-order valence-electron chi connectivity index (χ1n) is 14.4. The van der Waals surface area contributed by atoms with Crippen LogP contribution in [-0.4, -0.2) is 89.9 Å². The van der Waals surface area contributed by atoms with Crippen LogP contribution in [0.5, 0.6) is 11.5 Å². The van der Waals surface area contributed by atoms with Crippen molar-refractivity contribution in [2.45, 2.75) is 77.0 Å². The number of hydrogen-bond donors (Lipinski definition) is 1. The number of methoxy groups -OCH3 is 2. The van der Waals surface area contributed by atoms with E-state index >= 15 is 4.39 Å². The molecule has 0 spiro atoms. The smallest absolute Gasteiger partial charge is 0.410 e. The summed E-state index contributed by atoms with van der Waals surface area (Å²) in [6.45, 7) is 7.46. The van der Waals surface area contributed by atoms with Crippen LogP contribution in [0.25, 0.3) is 10.9 Å². The van der Waals surface area contributed by atoms with Crippen LogP contribution < -0.4 is 20.1 Å². The van der Waals surface area contributed by atoms with Crippen molar-refractivity contribution in [1.29, 1.82) is 0 Å². The van der Waals surface area contributed by atoms with E-state index in [1.807, 2.05) is 35.5 Å². The average Bonchev–Trinajstić information content (AvgIpc) is 3.30. The molecule has 5 rings (SSSR count). The fourth-order valence-electron chi connectivity index (χ4n) is 6.51. The molecule has 0 radical (unpaired) electrons. The van der Waals surface area contributed by atoms with Gasteiger partial charge >= 0.3 is 6.09 Å². The summed E-state index contributed by atoms with van der Waals surface area (Å²) in [7, 11) is 2.78. The summed E-state index contributed by atoms with van der Waals surface area (Å²) in [6.07, 6.45) is 5.09. The largest absolute Gasteiger partial charge is 0.493 e. The van der Waals surface area contributed by atoms with Gasteiger partial charge in [-0.05, 0) is 52.0 Å². The summed E-state index contributed by atoms with van der Waals surface area (Å²) < 4.78 is 31.4. The quantitative estimate of drug-likeness (QED) is 0.567. The molecule has 1 aliphatic carbocycles. The Morgan fingerprint density at radius 2 is 1.78 bits per heavy atom. The second-order valence-corrected chi connectivity index (χ2v) is 12.2. The van der Waals surface area contributed by atoms with E-state index < -0.39 is 11.4 Å². The average molecular weight is 573 g/mol. The number of likely N-dealkylation sites (tertiary alicyclic amines) is 1. The number of fused-ring (bicyclic) bond motifs is 2. The number of carbonyl (C=O) groups excluding carboxylic acids is 2. The Hall–Kier alpha value is -3.57. The van der Waals surface area contributed by atoms with Crippen molar-refractivity contribution in [3.8, 4) is 11.5 Å². The third-order valence-electron chi connectivity index (χ3n) is 8.42. The van der Waals surface area contributed by atoms with Crippen molar-refractivity contribution in [3.63, 3.8) is 0 Å². The van der Waals surface area contributed by atoms with Gasteiger partial charge in [0.25, 0.3) is 0 Å². The van der Waals surface area contributed by atoms with Gasteiger partial charge in [0, 0.05) is 50.1 Å². The first-order valence-corrected chi connectivity index (χ1v) is 14.4. The van der Waals surface area contributed by atoms with Gasteiger partial charge in [-0.1, -0.05) is 12.8 Å². The van der Waals surface area contributed by atoms with Gasteiger partial charge in [-0.15, -0.1) is 0 Å². The molecule has 2 amide bonds. The zero-order valence-electron chi connectivity index (χ0n) is 24.6. The van der Waals surface area contributed by atoms with E-state index in [1.54, 1.807) is 6.07 Å². The Bertz CT molecular complexity index is 1310. The molecule has 3 aliphatic rings. The number of hydrogen-bond acceptors (Lipinski definition) is 9. The van der Waals surface area contributed by atoms with Gasteiger partial charge in [-0.3, -0.25) is 4.79 Å². The number of rotatable bonds is 5. The third-order valence-corrected chi connectivity index (χ3v) is 8.42. The minimum Gasteiger partial charge on any atom is -0.493 e. The number of benzene rings is 1. The van der Waals surface area contributed by atoms with Crippen LogP contribution in [0.2, 0.25) is 0 Å². The van der Waals surface area contributed by atoms with E-state index in [0.29, 0.717) is 43.4 Å². The summed E-state index contributed by atoms with van der Waals surface area (Å²) in [5, 5.41) is 0.337. The highest BCUT2D eigenvalue weighted by Gasteiger charge is 2.47. The third kappa shape index (κ3) is 5.78. The predicted molar refractivity (Wildman–Crippen MR) is 153 cm³/mol. The molecule has 0 unspecified atom stereocenters. The molecule has 11 nitrogen and oxygen atoms in total. The number of piperazine rings is 1. The van der Waals surface area contributed by atoms with Gasteiger partial charge < -0.3 is 34.6 Å². The number of nitrogen functional groups attached to an aromatic ring is 1. The number of nitrogens with two attached hydrogens (primary N) is 1. The van der Waals surface area contributed by atoms with Crippen LogP contribution in [0.4, 0.5) is 21.0 Å². The number of aromatic nitrogens is 2. The van der Waals surface area contributed by atoms with Crippen LogP contribution >= 0.6 is 0 Å². The Balaban J connectivity index is 1.27. The van der Waals surface area contributed by atoms with Crippen molar-refractivity contribution < 1.29 is 28.2 Å². The summed E-state index contributed by atoms with van der Waals surface area (Å²) >= 11 is 0. The number of halogens is 1. The van der Waals surface area contributed by atoms with Gasteiger partial charge in [0.05, 0.1) is 14.2 Å². The second kappa shape index (κ2) is 11.4. The van der Waals surface area contributed by atoms with Crippen molar-refractivity contribution in [1.82, 2.24) is 19.8 Å². The lowest BCUT2D eigenvalue weighted by Gasteiger charge is -2.37. The Morgan fingerprint density at radius 1 is 1.07 bits per heavy atom. The molecule has 3 heterocycles. The van der Waals surface area contributed by atoms with Crippen LogP contribution in [0, 0.1) is 11.7 Å². The SMILES string of the molecule is COc1cc2c(N)nc(N3CCN(C(=O)C[C@@H]4C[C@@H]5CCCC[C@@H]5N4C(=O)OC(C)(C)C)CC3)nc2c(F)c1OC. The molecule has 224 valence electrons. The molecular weight excluding hydrogens is 531 g/mol. The number of anilines is 2. The van der Waals surface area contributed by atoms with Crippen LogP contribution in [0.1, 0.15) is 59.3 Å². The standard InChI is InChI=1S/C29H41FN6O5/c1-29(2,3)41-28(38)36-18(14-17-8-6-7-9-20(17)36)15-22(37)34-10-12-35(13-11-34)27-32-24-19(26(31)33-27)16-21(39-4)25(40-5)23(24)30/h16-18,20H,6-15H2,1-5H3,(H2,31,32,33)/t17-,18-,20-/m0/s1. The monoisotopic (exact) mass is 572 g/mol. The molecule has 2 saturated heterocycles. The molecule has 0 bridgehead atoms. The number of ether oxygens (including phenoxy) is 3. The van der Waals surface area contributed by atoms with Crippen LogP contribution in [-0.2, 0) is 9.53 Å². The lowest BCUT2D eigenvalue weighted by Crippen LogP contribution is -2.51. The van der Waals surface area contributed by atoms with E-state index in [2.05, 4.69) is 9.97 Å². The molecule has 1 aromatic heterocycles. The summed E-state index contributed by atoms with van der Waals surface area (Å²) in [6, 6.07) is 1.54. The first-order chi connectivity index (χ1) is 19.5. The van der Waals surface area contributed by atoms with E-state index in [4.69, 9.17) is 19.9 Å². The molecular formula is C29H41FN6O5. The van der Waals surface area contributed by atoms with Gasteiger partial charge in [-0.25, -0.2) is 14.2 Å². The number of nitrogens with zero attached hydrogens (tertiary/aromatic N) is 5. The minimum atomic E-state index is -0.669. The maximum Gasteiger partial charge on any atom is 0.410 e.